The molecule has 0 heterocycles. The van der Waals surface area contributed by atoms with E-state index in [2.05, 4.69) is 17.6 Å². The minimum Gasteiger partial charge on any atom is -0.493 e. The molecule has 0 amide bonds. The molecule has 0 aromatic heterocycles. The predicted molar refractivity (Wildman–Crippen MR) is 127 cm³/mol. The molecule has 1 aliphatic rings. The number of methoxy groups -OCH3 is 3. The van der Waals surface area contributed by atoms with E-state index in [9.17, 15) is 0 Å². The van der Waals surface area contributed by atoms with Crippen LogP contribution in [-0.2, 0) is 11.3 Å². The molecule has 1 aromatic carbocycles. The van der Waals surface area contributed by atoms with Gasteiger partial charge in [-0.25, -0.2) is 4.99 Å². The molecule has 1 saturated carbocycles. The Morgan fingerprint density at radius 3 is 2.17 bits per heavy atom. The van der Waals surface area contributed by atoms with Crippen molar-refractivity contribution in [1.29, 1.82) is 0 Å². The van der Waals surface area contributed by atoms with Crippen LogP contribution in [0.5, 0.6) is 17.2 Å². The number of halogens is 1. The van der Waals surface area contributed by atoms with E-state index in [1.54, 1.807) is 21.3 Å². The number of ether oxygens (including phenoxy) is 4. The summed E-state index contributed by atoms with van der Waals surface area (Å²) in [5, 5.41) is 6.82. The largest absolute Gasteiger partial charge is 0.493 e. The summed E-state index contributed by atoms with van der Waals surface area (Å²) in [5.41, 5.74) is 1.35. The van der Waals surface area contributed by atoms with Crippen molar-refractivity contribution in [2.75, 3.05) is 47.6 Å². The van der Waals surface area contributed by atoms with Crippen LogP contribution in [-0.4, -0.2) is 53.6 Å². The van der Waals surface area contributed by atoms with Crippen molar-refractivity contribution < 1.29 is 18.9 Å². The van der Waals surface area contributed by atoms with Gasteiger partial charge in [-0.2, -0.15) is 0 Å². The molecule has 7 nitrogen and oxygen atoms in total. The molecule has 1 fully saturated rings. The fourth-order valence-electron chi connectivity index (χ4n) is 3.13. The van der Waals surface area contributed by atoms with E-state index in [-0.39, 0.29) is 24.0 Å². The lowest BCUT2D eigenvalue weighted by Gasteiger charge is -2.18. The van der Waals surface area contributed by atoms with Crippen LogP contribution in [0.4, 0.5) is 0 Å². The second-order valence-corrected chi connectivity index (χ2v) is 7.03. The predicted octanol–water partition coefficient (Wildman–Crippen LogP) is 3.59. The van der Waals surface area contributed by atoms with E-state index >= 15 is 0 Å². The Kier molecular flexibility index (Phi) is 11.5. The highest BCUT2D eigenvalue weighted by Crippen LogP contribution is 2.48. The average Bonchev–Trinajstić information content (AvgIpc) is 3.49. The Bertz CT molecular complexity index is 626. The Morgan fingerprint density at radius 2 is 1.69 bits per heavy atom. The van der Waals surface area contributed by atoms with Gasteiger partial charge in [-0.05, 0) is 56.2 Å². The van der Waals surface area contributed by atoms with Gasteiger partial charge in [0.15, 0.2) is 17.5 Å². The summed E-state index contributed by atoms with van der Waals surface area (Å²) in [6.45, 7) is 7.96. The van der Waals surface area contributed by atoms with Crippen LogP contribution in [0.3, 0.4) is 0 Å². The first kappa shape index (κ1) is 25.6. The van der Waals surface area contributed by atoms with Gasteiger partial charge in [0.1, 0.15) is 0 Å². The van der Waals surface area contributed by atoms with Crippen molar-refractivity contribution >= 4 is 29.9 Å². The number of nitrogens with one attached hydrogen (secondary N) is 2. The number of benzene rings is 1. The topological polar surface area (TPSA) is 73.3 Å². The first-order chi connectivity index (χ1) is 13.6. The maximum Gasteiger partial charge on any atom is 0.203 e. The molecule has 0 saturated heterocycles. The van der Waals surface area contributed by atoms with E-state index in [1.807, 2.05) is 19.1 Å². The van der Waals surface area contributed by atoms with Gasteiger partial charge in [0.25, 0.3) is 0 Å². The van der Waals surface area contributed by atoms with Crippen molar-refractivity contribution in [3.05, 3.63) is 17.7 Å². The molecule has 8 heteroatoms. The fraction of sp³-hybridized carbons (Fsp3) is 0.667. The van der Waals surface area contributed by atoms with E-state index in [0.29, 0.717) is 29.2 Å². The van der Waals surface area contributed by atoms with Gasteiger partial charge in [-0.15, -0.1) is 24.0 Å². The first-order valence-electron chi connectivity index (χ1n) is 10.00. The van der Waals surface area contributed by atoms with Crippen molar-refractivity contribution in [1.82, 2.24) is 10.6 Å². The van der Waals surface area contributed by atoms with Crippen LogP contribution in [0.25, 0.3) is 0 Å². The molecule has 1 aliphatic carbocycles. The molecule has 0 aliphatic heterocycles. The van der Waals surface area contributed by atoms with Gasteiger partial charge in [-0.1, -0.05) is 0 Å². The Balaban J connectivity index is 0.00000420. The van der Waals surface area contributed by atoms with Crippen molar-refractivity contribution in [3.8, 4) is 17.2 Å². The minimum absolute atomic E-state index is 0. The lowest BCUT2D eigenvalue weighted by molar-refractivity contribution is 0.128. The molecule has 1 aromatic rings. The SMILES string of the molecule is CCNC(=NCc1cc(OC)c(OC)c(OC)c1)NCC1(CCOCC)CC1.I. The van der Waals surface area contributed by atoms with Gasteiger partial charge < -0.3 is 29.6 Å². The Hall–Kier alpha value is -1.42. The number of aliphatic imine (C=N–C) groups is 1. The number of guanidine groups is 1. The van der Waals surface area contributed by atoms with Crippen LogP contribution in [0.2, 0.25) is 0 Å². The van der Waals surface area contributed by atoms with Crippen molar-refractivity contribution in [2.24, 2.45) is 10.4 Å². The normalized spacial score (nSPS) is 14.6. The van der Waals surface area contributed by atoms with Crippen LogP contribution in [0.1, 0.15) is 38.7 Å². The van der Waals surface area contributed by atoms with E-state index in [4.69, 9.17) is 23.9 Å². The highest BCUT2D eigenvalue weighted by molar-refractivity contribution is 14.0. The Labute approximate surface area is 191 Å². The zero-order chi connectivity index (χ0) is 20.4. The summed E-state index contributed by atoms with van der Waals surface area (Å²) in [7, 11) is 4.84. The second-order valence-electron chi connectivity index (χ2n) is 7.03. The van der Waals surface area contributed by atoms with Gasteiger partial charge in [-0.3, -0.25) is 0 Å². The quantitative estimate of drug-likeness (QED) is 0.190. The third-order valence-electron chi connectivity index (χ3n) is 5.06. The molecular weight excluding hydrogens is 485 g/mol. The molecule has 0 spiro atoms. The standard InChI is InChI=1S/C21H35N3O4.HI/c1-6-22-20(24-15-21(8-9-21)10-11-28-7-2)23-14-16-12-17(25-3)19(27-5)18(13-16)26-4;/h12-13H,6-11,14-15H2,1-5H3,(H2,22,23,24);1H. The molecule has 0 bridgehead atoms. The maximum atomic E-state index is 5.52. The zero-order valence-corrected chi connectivity index (χ0v) is 20.6. The summed E-state index contributed by atoms with van der Waals surface area (Å²) >= 11 is 0. The van der Waals surface area contributed by atoms with Crippen LogP contribution in [0, 0.1) is 5.41 Å². The smallest absolute Gasteiger partial charge is 0.203 e. The van der Waals surface area contributed by atoms with Crippen molar-refractivity contribution in [2.45, 2.75) is 39.7 Å². The molecule has 2 N–H and O–H groups in total. The summed E-state index contributed by atoms with van der Waals surface area (Å²) in [5.74, 6) is 2.68. The number of hydrogen-bond donors (Lipinski definition) is 2. The van der Waals surface area contributed by atoms with Gasteiger partial charge in [0.2, 0.25) is 5.75 Å². The molecule has 2 rings (SSSR count). The van der Waals surface area contributed by atoms with E-state index in [0.717, 1.165) is 44.2 Å². The molecule has 0 unspecified atom stereocenters. The van der Waals surface area contributed by atoms with Crippen molar-refractivity contribution in [3.63, 3.8) is 0 Å². The number of nitrogens with zero attached hydrogens (tertiary/aromatic N) is 1. The zero-order valence-electron chi connectivity index (χ0n) is 18.3. The summed E-state index contributed by atoms with van der Waals surface area (Å²) < 4.78 is 21.8. The second kappa shape index (κ2) is 13.0. The van der Waals surface area contributed by atoms with Gasteiger partial charge in [0, 0.05) is 26.3 Å². The first-order valence-corrected chi connectivity index (χ1v) is 10.00. The van der Waals surface area contributed by atoms with Gasteiger partial charge in [0.05, 0.1) is 27.9 Å². The molecule has 0 radical (unpaired) electrons. The van der Waals surface area contributed by atoms with Crippen LogP contribution in [0.15, 0.2) is 17.1 Å². The molecule has 166 valence electrons. The van der Waals surface area contributed by atoms with E-state index < -0.39 is 0 Å². The molecule has 29 heavy (non-hydrogen) atoms. The Morgan fingerprint density at radius 1 is 1.03 bits per heavy atom. The molecule has 0 atom stereocenters. The monoisotopic (exact) mass is 521 g/mol. The lowest BCUT2D eigenvalue weighted by Crippen LogP contribution is -2.40. The fourth-order valence-corrected chi connectivity index (χ4v) is 3.13. The number of hydrogen-bond acceptors (Lipinski definition) is 5. The maximum absolute atomic E-state index is 5.52. The lowest BCUT2D eigenvalue weighted by atomic mass is 10.0. The summed E-state index contributed by atoms with van der Waals surface area (Å²) in [4.78, 5) is 4.73. The third-order valence-corrected chi connectivity index (χ3v) is 5.06. The van der Waals surface area contributed by atoms with Crippen LogP contribution < -0.4 is 24.8 Å². The highest BCUT2D eigenvalue weighted by atomic mass is 127. The molecular formula is C21H36IN3O4. The summed E-state index contributed by atoms with van der Waals surface area (Å²) in [6.07, 6.45) is 3.60. The van der Waals surface area contributed by atoms with E-state index in [1.165, 1.54) is 12.8 Å². The van der Waals surface area contributed by atoms with Crippen LogP contribution >= 0.6 is 24.0 Å². The summed E-state index contributed by atoms with van der Waals surface area (Å²) in [6, 6.07) is 3.86. The van der Waals surface area contributed by atoms with Gasteiger partial charge >= 0.3 is 0 Å². The third kappa shape index (κ3) is 7.73. The number of rotatable bonds is 12. The average molecular weight is 521 g/mol. The minimum atomic E-state index is 0. The highest BCUT2D eigenvalue weighted by Gasteiger charge is 2.41.